The van der Waals surface area contributed by atoms with E-state index in [0.29, 0.717) is 23.1 Å². The first-order valence-electron chi connectivity index (χ1n) is 10.4. The van der Waals surface area contributed by atoms with Crippen LogP contribution < -0.4 is 16.2 Å². The Hall–Kier alpha value is -2.91. The molecule has 1 aliphatic carbocycles. The largest absolute Gasteiger partial charge is 0.326 e. The fourth-order valence-corrected chi connectivity index (χ4v) is 5.94. The average Bonchev–Trinajstić information content (AvgIpc) is 3.13. The van der Waals surface area contributed by atoms with Crippen LogP contribution in [0, 0.1) is 0 Å². The number of nitrogens with zero attached hydrogens (tertiary/aromatic N) is 2. The Morgan fingerprint density at radius 3 is 2.75 bits per heavy atom. The van der Waals surface area contributed by atoms with Gasteiger partial charge in [-0.2, -0.15) is 0 Å². The second-order valence-electron chi connectivity index (χ2n) is 7.59. The van der Waals surface area contributed by atoms with Crippen molar-refractivity contribution < 1.29 is 9.59 Å². The summed E-state index contributed by atoms with van der Waals surface area (Å²) in [6, 6.07) is 6.95. The number of carbonyl (C=O) groups is 2. The number of thiophene rings is 1. The predicted molar refractivity (Wildman–Crippen MR) is 131 cm³/mol. The maximum absolute atomic E-state index is 13.3. The molecule has 1 aromatic carbocycles. The quantitative estimate of drug-likeness (QED) is 0.308. The first-order valence-corrected chi connectivity index (χ1v) is 12.2. The minimum atomic E-state index is -0.222. The van der Waals surface area contributed by atoms with Gasteiger partial charge in [-0.15, -0.1) is 17.9 Å². The van der Waals surface area contributed by atoms with Crippen molar-refractivity contribution in [2.75, 3.05) is 16.4 Å². The summed E-state index contributed by atoms with van der Waals surface area (Å²) in [7, 11) is 0. The van der Waals surface area contributed by atoms with E-state index >= 15 is 0 Å². The van der Waals surface area contributed by atoms with Crippen LogP contribution >= 0.6 is 23.1 Å². The van der Waals surface area contributed by atoms with Crippen molar-refractivity contribution in [1.29, 1.82) is 0 Å². The molecule has 3 aromatic rings. The lowest BCUT2D eigenvalue weighted by Gasteiger charge is -2.12. The third kappa shape index (κ3) is 4.78. The second-order valence-corrected chi connectivity index (χ2v) is 9.61. The lowest BCUT2D eigenvalue weighted by molar-refractivity contribution is -0.114. The van der Waals surface area contributed by atoms with Crippen LogP contribution in [0.15, 0.2) is 46.9 Å². The monoisotopic (exact) mass is 468 g/mol. The number of carbonyl (C=O) groups excluding carboxylic acids is 2. The molecule has 1 aliphatic rings. The number of anilines is 2. The zero-order valence-electron chi connectivity index (χ0n) is 17.8. The number of amides is 2. The smallest absolute Gasteiger partial charge is 0.263 e. The van der Waals surface area contributed by atoms with Gasteiger partial charge in [-0.05, 0) is 49.4 Å². The van der Waals surface area contributed by atoms with Gasteiger partial charge < -0.3 is 10.6 Å². The molecule has 2 heterocycles. The average molecular weight is 469 g/mol. The van der Waals surface area contributed by atoms with Gasteiger partial charge in [0, 0.05) is 29.7 Å². The van der Waals surface area contributed by atoms with E-state index < -0.39 is 0 Å². The lowest BCUT2D eigenvalue weighted by atomic mass is 9.97. The highest BCUT2D eigenvalue weighted by atomic mass is 32.2. The van der Waals surface area contributed by atoms with E-state index in [2.05, 4.69) is 17.2 Å². The van der Waals surface area contributed by atoms with Gasteiger partial charge in [-0.25, -0.2) is 4.98 Å². The summed E-state index contributed by atoms with van der Waals surface area (Å²) in [5.74, 6) is -0.300. The minimum Gasteiger partial charge on any atom is -0.326 e. The van der Waals surface area contributed by atoms with Crippen LogP contribution in [0.2, 0.25) is 0 Å². The molecule has 2 N–H and O–H groups in total. The van der Waals surface area contributed by atoms with Crippen molar-refractivity contribution in [3.8, 4) is 0 Å². The topological polar surface area (TPSA) is 93.1 Å². The summed E-state index contributed by atoms with van der Waals surface area (Å²) >= 11 is 2.83. The molecule has 2 aromatic heterocycles. The van der Waals surface area contributed by atoms with Gasteiger partial charge in [0.25, 0.3) is 5.56 Å². The molecule has 0 unspecified atom stereocenters. The molecule has 7 nitrogen and oxygen atoms in total. The number of benzene rings is 1. The fourth-order valence-electron chi connectivity index (χ4n) is 3.83. The summed E-state index contributed by atoms with van der Waals surface area (Å²) in [4.78, 5) is 43.8. The summed E-state index contributed by atoms with van der Waals surface area (Å²) in [5.41, 5.74) is 2.29. The molecule has 0 atom stereocenters. The number of nitrogens with one attached hydrogen (secondary N) is 2. The van der Waals surface area contributed by atoms with Gasteiger partial charge in [0.15, 0.2) is 5.16 Å². The fraction of sp³-hybridized carbons (Fsp3) is 0.304. The standard InChI is InChI=1S/C23H24N4O3S2/c1-3-11-27-22(30)20-17-9-4-5-10-18(17)32-21(20)26-23(27)31-13-19(29)25-16-8-6-7-15(12-16)24-14(2)28/h3,6-8,12H,1,4-5,9-11,13H2,2H3,(H,24,28)(H,25,29). The number of aromatic nitrogens is 2. The van der Waals surface area contributed by atoms with E-state index in [1.165, 1.54) is 23.6 Å². The molecule has 0 bridgehead atoms. The number of fused-ring (bicyclic) bond motifs is 3. The van der Waals surface area contributed by atoms with Crippen molar-refractivity contribution in [2.24, 2.45) is 0 Å². The van der Waals surface area contributed by atoms with Gasteiger partial charge in [-0.3, -0.25) is 19.0 Å². The lowest BCUT2D eigenvalue weighted by Crippen LogP contribution is -2.24. The van der Waals surface area contributed by atoms with Crippen molar-refractivity contribution in [3.05, 3.63) is 57.7 Å². The number of thioether (sulfide) groups is 1. The third-order valence-electron chi connectivity index (χ3n) is 5.15. The van der Waals surface area contributed by atoms with E-state index in [0.717, 1.165) is 41.5 Å². The number of hydrogen-bond acceptors (Lipinski definition) is 6. The number of aryl methyl sites for hydroxylation is 2. The van der Waals surface area contributed by atoms with Crippen molar-refractivity contribution in [1.82, 2.24) is 9.55 Å². The molecule has 0 fully saturated rings. The Balaban J connectivity index is 1.54. The van der Waals surface area contributed by atoms with Crippen LogP contribution in [0.5, 0.6) is 0 Å². The first kappa shape index (κ1) is 22.3. The van der Waals surface area contributed by atoms with E-state index in [-0.39, 0.29) is 23.1 Å². The molecule has 0 aliphatic heterocycles. The zero-order valence-corrected chi connectivity index (χ0v) is 19.4. The van der Waals surface area contributed by atoms with E-state index in [1.807, 2.05) is 0 Å². The maximum Gasteiger partial charge on any atom is 0.263 e. The number of allylic oxidation sites excluding steroid dienone is 1. The summed E-state index contributed by atoms with van der Waals surface area (Å²) in [6.45, 7) is 5.54. The SMILES string of the molecule is C=CCn1c(SCC(=O)Nc2cccc(NC(C)=O)c2)nc2sc3c(c2c1=O)CCCC3. The third-order valence-corrected chi connectivity index (χ3v) is 7.31. The summed E-state index contributed by atoms with van der Waals surface area (Å²) < 4.78 is 1.60. The van der Waals surface area contributed by atoms with Crippen LogP contribution in [-0.2, 0) is 29.0 Å². The molecule has 0 saturated heterocycles. The van der Waals surface area contributed by atoms with Gasteiger partial charge in [-0.1, -0.05) is 23.9 Å². The molecule has 2 amide bonds. The predicted octanol–water partition coefficient (Wildman–Crippen LogP) is 4.21. The number of rotatable bonds is 7. The number of hydrogen-bond donors (Lipinski definition) is 2. The maximum atomic E-state index is 13.3. The van der Waals surface area contributed by atoms with Crippen LogP contribution in [0.3, 0.4) is 0 Å². The molecule has 166 valence electrons. The van der Waals surface area contributed by atoms with Crippen LogP contribution in [-0.4, -0.2) is 27.1 Å². The Bertz CT molecular complexity index is 1260. The minimum absolute atomic E-state index is 0.0554. The Kier molecular flexibility index (Phi) is 6.76. The highest BCUT2D eigenvalue weighted by Gasteiger charge is 2.22. The first-order chi connectivity index (χ1) is 15.5. The summed E-state index contributed by atoms with van der Waals surface area (Å²) in [6.07, 6.45) is 5.84. The van der Waals surface area contributed by atoms with Gasteiger partial charge in [0.05, 0.1) is 11.1 Å². The van der Waals surface area contributed by atoms with E-state index in [1.54, 1.807) is 46.2 Å². The van der Waals surface area contributed by atoms with Crippen LogP contribution in [0.1, 0.15) is 30.2 Å². The molecular weight excluding hydrogens is 444 g/mol. The van der Waals surface area contributed by atoms with E-state index in [4.69, 9.17) is 4.98 Å². The van der Waals surface area contributed by atoms with Crippen molar-refractivity contribution in [2.45, 2.75) is 44.3 Å². The molecule has 0 radical (unpaired) electrons. The second kappa shape index (κ2) is 9.70. The molecule has 9 heteroatoms. The van der Waals surface area contributed by atoms with Gasteiger partial charge in [0.1, 0.15) is 4.83 Å². The Labute approximate surface area is 193 Å². The van der Waals surface area contributed by atoms with Gasteiger partial charge in [0.2, 0.25) is 11.8 Å². The molecular formula is C23H24N4O3S2. The van der Waals surface area contributed by atoms with Crippen molar-refractivity contribution in [3.63, 3.8) is 0 Å². The summed E-state index contributed by atoms with van der Waals surface area (Å²) in [5, 5.41) is 6.76. The van der Waals surface area contributed by atoms with Crippen LogP contribution in [0.4, 0.5) is 11.4 Å². The Morgan fingerprint density at radius 1 is 1.25 bits per heavy atom. The van der Waals surface area contributed by atoms with E-state index in [9.17, 15) is 14.4 Å². The molecule has 0 spiro atoms. The zero-order chi connectivity index (χ0) is 22.7. The highest BCUT2D eigenvalue weighted by Crippen LogP contribution is 2.34. The molecule has 32 heavy (non-hydrogen) atoms. The van der Waals surface area contributed by atoms with Crippen LogP contribution in [0.25, 0.3) is 10.2 Å². The molecule has 0 saturated carbocycles. The van der Waals surface area contributed by atoms with Gasteiger partial charge >= 0.3 is 0 Å². The Morgan fingerprint density at radius 2 is 2.00 bits per heavy atom. The normalized spacial score (nSPS) is 12.9. The highest BCUT2D eigenvalue weighted by molar-refractivity contribution is 7.99. The molecule has 4 rings (SSSR count). The van der Waals surface area contributed by atoms with Crippen molar-refractivity contribution >= 4 is 56.5 Å².